The maximum absolute atomic E-state index is 13.2. The van der Waals surface area contributed by atoms with Crippen LogP contribution < -0.4 is 4.74 Å². The third kappa shape index (κ3) is 6.73. The molecule has 1 aromatic carbocycles. The van der Waals surface area contributed by atoms with Gasteiger partial charge in [-0.05, 0) is 37.1 Å². The van der Waals surface area contributed by atoms with E-state index in [0.29, 0.717) is 50.5 Å². The van der Waals surface area contributed by atoms with Gasteiger partial charge in [-0.15, -0.1) is 0 Å². The molecule has 188 valence electrons. The number of aromatic nitrogens is 2. The number of aryl methyl sites for hydroxylation is 1. The van der Waals surface area contributed by atoms with Crippen molar-refractivity contribution in [1.29, 1.82) is 0 Å². The van der Waals surface area contributed by atoms with E-state index in [4.69, 9.17) is 4.74 Å². The van der Waals surface area contributed by atoms with Crippen LogP contribution in [0.3, 0.4) is 0 Å². The molecule has 0 unspecified atom stereocenters. The SMILES string of the molecule is Cc1cccn2cc(COc3ccccc3C(=O)N3CCN(CCCOCC(F)(F)F)CC3)nc12. The van der Waals surface area contributed by atoms with Gasteiger partial charge in [0.2, 0.25) is 0 Å². The minimum Gasteiger partial charge on any atom is -0.486 e. The highest BCUT2D eigenvalue weighted by atomic mass is 19.4. The molecule has 0 saturated carbocycles. The molecule has 1 amide bonds. The Morgan fingerprint density at radius 2 is 1.86 bits per heavy atom. The quantitative estimate of drug-likeness (QED) is 0.425. The summed E-state index contributed by atoms with van der Waals surface area (Å²) in [4.78, 5) is 21.7. The van der Waals surface area contributed by atoms with Crippen LogP contribution in [-0.4, -0.2) is 77.2 Å². The van der Waals surface area contributed by atoms with Gasteiger partial charge in [0.05, 0.1) is 11.3 Å². The lowest BCUT2D eigenvalue weighted by Gasteiger charge is -2.35. The highest BCUT2D eigenvalue weighted by Gasteiger charge is 2.27. The molecule has 7 nitrogen and oxygen atoms in total. The number of fused-ring (bicyclic) bond motifs is 1. The van der Waals surface area contributed by atoms with E-state index in [-0.39, 0.29) is 19.1 Å². The third-order valence-corrected chi connectivity index (χ3v) is 5.91. The summed E-state index contributed by atoms with van der Waals surface area (Å²) in [7, 11) is 0. The standard InChI is InChI=1S/C25H29F3N4O3/c1-19-6-4-10-32-16-20(29-23(19)32)17-35-22-8-3-2-7-21(22)24(33)31-13-11-30(12-14-31)9-5-15-34-18-25(26,27)28/h2-4,6-8,10,16H,5,9,11-15,17-18H2,1H3. The lowest BCUT2D eigenvalue weighted by Crippen LogP contribution is -2.49. The third-order valence-electron chi connectivity index (χ3n) is 5.91. The van der Waals surface area contributed by atoms with E-state index in [1.165, 1.54) is 0 Å². The van der Waals surface area contributed by atoms with Crippen molar-refractivity contribution in [2.24, 2.45) is 0 Å². The van der Waals surface area contributed by atoms with E-state index in [1.807, 2.05) is 48.0 Å². The number of halogens is 3. The Balaban J connectivity index is 1.28. The number of para-hydroxylation sites is 1. The van der Waals surface area contributed by atoms with E-state index < -0.39 is 12.8 Å². The molecule has 3 aromatic rings. The van der Waals surface area contributed by atoms with E-state index in [2.05, 4.69) is 14.6 Å². The Kier molecular flexibility index (Phi) is 7.92. The first kappa shape index (κ1) is 25.0. The first-order chi connectivity index (χ1) is 16.8. The molecule has 1 fully saturated rings. The summed E-state index contributed by atoms with van der Waals surface area (Å²) in [5, 5.41) is 0. The Labute approximate surface area is 202 Å². The van der Waals surface area contributed by atoms with E-state index in [9.17, 15) is 18.0 Å². The number of hydrogen-bond acceptors (Lipinski definition) is 5. The van der Waals surface area contributed by atoms with Gasteiger partial charge in [-0.3, -0.25) is 9.69 Å². The molecule has 35 heavy (non-hydrogen) atoms. The summed E-state index contributed by atoms with van der Waals surface area (Å²) in [6.45, 7) is 4.15. The first-order valence-electron chi connectivity index (χ1n) is 11.6. The summed E-state index contributed by atoms with van der Waals surface area (Å²) in [6.07, 6.45) is 0.0762. The zero-order valence-electron chi connectivity index (χ0n) is 19.6. The maximum Gasteiger partial charge on any atom is 0.411 e. The van der Waals surface area contributed by atoms with Crippen molar-refractivity contribution in [3.63, 3.8) is 0 Å². The summed E-state index contributed by atoms with van der Waals surface area (Å²) < 4.78 is 49.0. The van der Waals surface area contributed by atoms with Gasteiger partial charge < -0.3 is 18.8 Å². The van der Waals surface area contributed by atoms with Gasteiger partial charge in [0.1, 0.15) is 24.6 Å². The van der Waals surface area contributed by atoms with Crippen molar-refractivity contribution in [3.8, 4) is 5.75 Å². The van der Waals surface area contributed by atoms with Crippen LogP contribution in [0.4, 0.5) is 13.2 Å². The first-order valence-corrected chi connectivity index (χ1v) is 11.6. The van der Waals surface area contributed by atoms with Crippen LogP contribution in [-0.2, 0) is 11.3 Å². The fraction of sp³-hybridized carbons (Fsp3) is 0.440. The Morgan fingerprint density at radius 3 is 2.60 bits per heavy atom. The minimum absolute atomic E-state index is 0.0647. The number of amides is 1. The molecule has 0 radical (unpaired) electrons. The number of alkyl halides is 3. The number of benzene rings is 1. The van der Waals surface area contributed by atoms with Gasteiger partial charge in [-0.2, -0.15) is 13.2 Å². The summed E-state index contributed by atoms with van der Waals surface area (Å²) in [5.41, 5.74) is 3.22. The van der Waals surface area contributed by atoms with Crippen LogP contribution in [0, 0.1) is 6.92 Å². The smallest absolute Gasteiger partial charge is 0.411 e. The van der Waals surface area contributed by atoms with Crippen LogP contribution in [0.5, 0.6) is 5.75 Å². The summed E-state index contributed by atoms with van der Waals surface area (Å²) in [5.74, 6) is 0.412. The lowest BCUT2D eigenvalue weighted by atomic mass is 10.1. The van der Waals surface area contributed by atoms with Crippen molar-refractivity contribution >= 4 is 11.6 Å². The number of ether oxygens (including phenoxy) is 2. The molecule has 0 atom stereocenters. The number of nitrogens with zero attached hydrogens (tertiary/aromatic N) is 4. The van der Waals surface area contributed by atoms with Crippen LogP contribution >= 0.6 is 0 Å². The van der Waals surface area contributed by atoms with Crippen molar-refractivity contribution in [1.82, 2.24) is 19.2 Å². The van der Waals surface area contributed by atoms with Gasteiger partial charge >= 0.3 is 6.18 Å². The second-order valence-corrected chi connectivity index (χ2v) is 8.59. The van der Waals surface area contributed by atoms with Crippen LogP contribution in [0.25, 0.3) is 5.65 Å². The number of pyridine rings is 1. The van der Waals surface area contributed by atoms with E-state index >= 15 is 0 Å². The highest BCUT2D eigenvalue weighted by molar-refractivity contribution is 5.97. The monoisotopic (exact) mass is 490 g/mol. The molecule has 0 N–H and O–H groups in total. The number of carbonyl (C=O) groups excluding carboxylic acids is 1. The van der Waals surface area contributed by atoms with E-state index in [0.717, 1.165) is 16.9 Å². The van der Waals surface area contributed by atoms with Gasteiger partial charge in [0, 0.05) is 51.7 Å². The summed E-state index contributed by atoms with van der Waals surface area (Å²) >= 11 is 0. The molecule has 2 aromatic heterocycles. The average Bonchev–Trinajstić information content (AvgIpc) is 3.27. The van der Waals surface area contributed by atoms with Crippen LogP contribution in [0.1, 0.15) is 28.0 Å². The molecule has 3 heterocycles. The molecule has 0 aliphatic carbocycles. The predicted molar refractivity (Wildman–Crippen MR) is 125 cm³/mol. The molecular weight excluding hydrogens is 461 g/mol. The normalized spacial score (nSPS) is 15.0. The topological polar surface area (TPSA) is 59.3 Å². The molecule has 4 rings (SSSR count). The summed E-state index contributed by atoms with van der Waals surface area (Å²) in [6, 6.07) is 11.2. The molecular formula is C25H29F3N4O3. The molecule has 1 saturated heterocycles. The van der Waals surface area contributed by atoms with Gasteiger partial charge in [0.25, 0.3) is 5.91 Å². The fourth-order valence-electron chi connectivity index (χ4n) is 4.12. The number of carbonyl (C=O) groups is 1. The highest BCUT2D eigenvalue weighted by Crippen LogP contribution is 2.22. The van der Waals surface area contributed by atoms with Crippen molar-refractivity contribution in [2.45, 2.75) is 26.1 Å². The van der Waals surface area contributed by atoms with Crippen molar-refractivity contribution in [3.05, 3.63) is 65.6 Å². The second-order valence-electron chi connectivity index (χ2n) is 8.59. The van der Waals surface area contributed by atoms with Crippen molar-refractivity contribution < 1.29 is 27.4 Å². The Hall–Kier alpha value is -3.11. The average molecular weight is 491 g/mol. The maximum atomic E-state index is 13.2. The zero-order valence-corrected chi connectivity index (χ0v) is 19.6. The zero-order chi connectivity index (χ0) is 24.8. The molecule has 0 bridgehead atoms. The molecule has 1 aliphatic rings. The predicted octanol–water partition coefficient (Wildman–Crippen LogP) is 3.95. The van der Waals surface area contributed by atoms with Gasteiger partial charge in [-0.25, -0.2) is 4.98 Å². The van der Waals surface area contributed by atoms with Crippen LogP contribution in [0.2, 0.25) is 0 Å². The number of hydrogen-bond donors (Lipinski definition) is 0. The molecule has 0 spiro atoms. The largest absolute Gasteiger partial charge is 0.486 e. The van der Waals surface area contributed by atoms with Gasteiger partial charge in [-0.1, -0.05) is 18.2 Å². The minimum atomic E-state index is -4.29. The van der Waals surface area contributed by atoms with Crippen LogP contribution in [0.15, 0.2) is 48.8 Å². The number of piperazine rings is 1. The number of imidazole rings is 1. The van der Waals surface area contributed by atoms with Crippen molar-refractivity contribution in [2.75, 3.05) is 45.9 Å². The fourth-order valence-corrected chi connectivity index (χ4v) is 4.12. The number of rotatable bonds is 9. The lowest BCUT2D eigenvalue weighted by molar-refractivity contribution is -0.174. The van der Waals surface area contributed by atoms with E-state index in [1.54, 1.807) is 17.0 Å². The second kappa shape index (κ2) is 11.1. The van der Waals surface area contributed by atoms with Gasteiger partial charge in [0.15, 0.2) is 0 Å². The Morgan fingerprint density at radius 1 is 1.09 bits per heavy atom. The molecule has 10 heteroatoms. The molecule has 1 aliphatic heterocycles. The Bertz CT molecular complexity index is 1140.